The van der Waals surface area contributed by atoms with E-state index >= 15 is 0 Å². The molecule has 0 saturated carbocycles. The molecule has 1 atom stereocenters. The van der Waals surface area contributed by atoms with Crippen molar-refractivity contribution in [2.45, 2.75) is 117 Å². The molecule has 0 fully saturated rings. The lowest BCUT2D eigenvalue weighted by atomic mass is 9.94. The first-order valence-corrected chi connectivity index (χ1v) is 35.4. The third-order valence-electron chi connectivity index (χ3n) is 15.9. The molecule has 0 amide bonds. The summed E-state index contributed by atoms with van der Waals surface area (Å²) < 4.78 is 28.3. The highest BCUT2D eigenvalue weighted by molar-refractivity contribution is 7.29. The Labute approximate surface area is 568 Å². The van der Waals surface area contributed by atoms with E-state index in [1.807, 2.05) is 24.3 Å². The molecule has 10 rings (SSSR count). The number of hydrogen-bond acceptors (Lipinski definition) is 18. The lowest BCUT2D eigenvalue weighted by molar-refractivity contribution is 0.0426. The molecule has 0 bridgehead atoms. The van der Waals surface area contributed by atoms with E-state index in [2.05, 4.69) is 50.2 Å². The van der Waals surface area contributed by atoms with E-state index in [1.165, 1.54) is 111 Å². The van der Waals surface area contributed by atoms with Gasteiger partial charge >= 0.3 is 29.8 Å². The lowest BCUT2D eigenvalue weighted by Gasteiger charge is -2.17. The highest BCUT2D eigenvalue weighted by Crippen LogP contribution is 2.45. The van der Waals surface area contributed by atoms with E-state index in [1.54, 1.807) is 94.7 Å². The van der Waals surface area contributed by atoms with Crippen LogP contribution in [0.25, 0.3) is 50.8 Å². The van der Waals surface area contributed by atoms with Crippen LogP contribution < -0.4 is 18.9 Å². The van der Waals surface area contributed by atoms with Crippen LogP contribution in [0.5, 0.6) is 46.0 Å². The van der Waals surface area contributed by atoms with Crippen LogP contribution in [0.4, 0.5) is 0 Å². The van der Waals surface area contributed by atoms with Crippen LogP contribution in [0.1, 0.15) is 168 Å². The summed E-state index contributed by atoms with van der Waals surface area (Å²) in [6.45, 7) is 5.01. The summed E-state index contributed by atoms with van der Waals surface area (Å²) in [5, 5.41) is 39.6. The van der Waals surface area contributed by atoms with E-state index in [0.29, 0.717) is 28.7 Å². The molecule has 0 aliphatic rings. The Bertz CT molecular complexity index is 4110. The molecular formula is C77H74O14S4. The highest BCUT2D eigenvalue weighted by Gasteiger charge is 2.22. The minimum absolute atomic E-state index is 0.129. The average molecular weight is 1350 g/mol. The topological polar surface area (TPSA) is 212 Å². The van der Waals surface area contributed by atoms with E-state index in [9.17, 15) is 44.4 Å². The normalized spacial score (nSPS) is 11.5. The van der Waals surface area contributed by atoms with E-state index in [4.69, 9.17) is 23.7 Å². The Kier molecular flexibility index (Phi) is 24.3. The Morgan fingerprint density at radius 2 is 0.653 bits per heavy atom. The van der Waals surface area contributed by atoms with Crippen LogP contribution in [-0.2, 0) is 4.74 Å². The summed E-state index contributed by atoms with van der Waals surface area (Å²) in [6, 6.07) is 47.3. The van der Waals surface area contributed by atoms with Gasteiger partial charge in [0.25, 0.3) is 0 Å². The number of esters is 5. The maximum atomic E-state index is 13.6. The quantitative estimate of drug-likeness (QED) is 0.0176. The number of unbranched alkanes of at least 4 members (excludes halogenated alkanes) is 12. The standard InChI is InChI=1S/C77H74O14S4/c1-3-5-7-9-11-12-14-16-18-49(17-15-13-10-8-6-4-2)48-87-77(86)72-38-37-71(95-72)70-36-35-69(94-70)68-34-33-67(93-68)66-32-31-65(92-66)52-25-29-62(30-26-52)88-73(82)53-21-19-50(20-22-53)51-23-27-61(28-24-51)89-76(85)56-43-63(90-74(83)54-39-57(78)45-58(79)40-54)47-64(44-56)91-75(84)55-41-59(80)46-60(81)42-55/h19-47,49,78-81H,3-18,48H2,1-2H3. The number of aromatic hydroxyl groups is 4. The first-order chi connectivity index (χ1) is 46.1. The lowest BCUT2D eigenvalue weighted by Crippen LogP contribution is -2.14. The van der Waals surface area contributed by atoms with Gasteiger partial charge in [0.15, 0.2) is 0 Å². The monoisotopic (exact) mass is 1350 g/mol. The second kappa shape index (κ2) is 33.7. The number of ether oxygens (including phenoxy) is 5. The van der Waals surface area contributed by atoms with E-state index in [-0.39, 0.29) is 39.9 Å². The Morgan fingerprint density at radius 3 is 1.09 bits per heavy atom. The van der Waals surface area contributed by atoms with Gasteiger partial charge in [-0.3, -0.25) is 0 Å². The van der Waals surface area contributed by atoms with Crippen molar-refractivity contribution in [3.63, 3.8) is 0 Å². The molecule has 6 aromatic carbocycles. The van der Waals surface area contributed by atoms with Crippen molar-refractivity contribution in [3.8, 4) is 96.8 Å². The zero-order chi connectivity index (χ0) is 66.6. The van der Waals surface area contributed by atoms with Gasteiger partial charge in [0.2, 0.25) is 0 Å². The zero-order valence-corrected chi connectivity index (χ0v) is 56.1. The predicted octanol–water partition coefficient (Wildman–Crippen LogP) is 21.0. The SMILES string of the molecule is CCCCCCCCCCC(CCCCCCCC)COC(=O)c1ccc(-c2ccc(-c3ccc(-c4ccc(-c5ccc(OC(=O)c6ccc(-c7ccc(OC(=O)c8cc(OC(=O)c9cc(O)cc(O)c9)cc(OC(=O)c9cc(O)cc(O)c9)c8)cc7)cc6)cc5)s4)s3)s2)s1. The van der Waals surface area contributed by atoms with Crippen molar-refractivity contribution >= 4 is 75.2 Å². The number of phenols is 4. The molecule has 0 radical (unpaired) electrons. The van der Waals surface area contributed by atoms with Gasteiger partial charge in [-0.25, -0.2) is 24.0 Å². The van der Waals surface area contributed by atoms with E-state index in [0.717, 1.165) is 109 Å². The maximum absolute atomic E-state index is 13.6. The zero-order valence-electron chi connectivity index (χ0n) is 52.8. The van der Waals surface area contributed by atoms with Crippen LogP contribution >= 0.6 is 45.3 Å². The summed E-state index contributed by atoms with van der Waals surface area (Å²) in [4.78, 5) is 75.0. The third kappa shape index (κ3) is 19.6. The molecule has 95 heavy (non-hydrogen) atoms. The fourth-order valence-electron chi connectivity index (χ4n) is 10.9. The van der Waals surface area contributed by atoms with E-state index < -0.39 is 46.9 Å². The third-order valence-corrected chi connectivity index (χ3v) is 20.9. The van der Waals surface area contributed by atoms with Crippen LogP contribution in [-0.4, -0.2) is 56.9 Å². The molecule has 4 heterocycles. The second-order valence-electron chi connectivity index (χ2n) is 23.3. The van der Waals surface area contributed by atoms with Crippen LogP contribution in [0, 0.1) is 5.92 Å². The Hall–Kier alpha value is -9.33. The number of hydrogen-bond donors (Lipinski definition) is 4. The van der Waals surface area contributed by atoms with Crippen molar-refractivity contribution in [2.75, 3.05) is 6.61 Å². The molecule has 0 saturated heterocycles. The van der Waals surface area contributed by atoms with Crippen molar-refractivity contribution in [2.24, 2.45) is 5.92 Å². The van der Waals surface area contributed by atoms with Crippen molar-refractivity contribution in [1.82, 2.24) is 0 Å². The van der Waals surface area contributed by atoms with Crippen LogP contribution in [0.3, 0.4) is 0 Å². The molecule has 4 aromatic heterocycles. The molecule has 490 valence electrons. The first-order valence-electron chi connectivity index (χ1n) is 32.1. The summed E-state index contributed by atoms with van der Waals surface area (Å²) in [7, 11) is 0. The Morgan fingerprint density at radius 1 is 0.316 bits per heavy atom. The summed E-state index contributed by atoms with van der Waals surface area (Å²) in [5.41, 5.74) is 2.14. The fraction of sp³-hybridized carbons (Fsp3) is 0.260. The molecule has 18 heteroatoms. The van der Waals surface area contributed by atoms with Gasteiger partial charge in [-0.1, -0.05) is 128 Å². The summed E-state index contributed by atoms with van der Waals surface area (Å²) >= 11 is 6.67. The van der Waals surface area contributed by atoms with Gasteiger partial charge < -0.3 is 44.1 Å². The molecule has 10 aromatic rings. The number of carbonyl (C=O) groups excluding carboxylic acids is 5. The summed E-state index contributed by atoms with van der Waals surface area (Å²) in [6.07, 6.45) is 20.2. The van der Waals surface area contributed by atoms with Crippen molar-refractivity contribution in [3.05, 3.63) is 203 Å². The highest BCUT2D eigenvalue weighted by atomic mass is 32.1. The van der Waals surface area contributed by atoms with Gasteiger partial charge in [0.1, 0.15) is 50.9 Å². The maximum Gasteiger partial charge on any atom is 0.348 e. The number of carbonyl (C=O) groups is 5. The largest absolute Gasteiger partial charge is 0.508 e. The molecule has 0 aliphatic carbocycles. The van der Waals surface area contributed by atoms with Crippen LogP contribution in [0.2, 0.25) is 0 Å². The van der Waals surface area contributed by atoms with Crippen LogP contribution in [0.15, 0.2) is 176 Å². The molecule has 0 spiro atoms. The smallest absolute Gasteiger partial charge is 0.348 e. The van der Waals surface area contributed by atoms with Gasteiger partial charge in [-0.2, -0.15) is 0 Å². The fourth-order valence-corrected chi connectivity index (χ4v) is 15.1. The second-order valence-corrected chi connectivity index (χ2v) is 27.6. The van der Waals surface area contributed by atoms with Crippen molar-refractivity contribution in [1.29, 1.82) is 0 Å². The average Bonchev–Trinajstić information content (AvgIpc) is 1.79. The molecule has 1 unspecified atom stereocenters. The van der Waals surface area contributed by atoms with Gasteiger partial charge in [-0.15, -0.1) is 45.3 Å². The van der Waals surface area contributed by atoms with Gasteiger partial charge in [0, 0.05) is 52.3 Å². The molecule has 4 N–H and O–H groups in total. The molecule has 0 aliphatic heterocycles. The number of rotatable bonds is 32. The van der Waals surface area contributed by atoms with Crippen molar-refractivity contribution < 1.29 is 68.1 Å². The van der Waals surface area contributed by atoms with Gasteiger partial charge in [-0.05, 0) is 169 Å². The molecule has 14 nitrogen and oxygen atoms in total. The summed E-state index contributed by atoms with van der Waals surface area (Å²) in [5.74, 6) is -5.01. The minimum Gasteiger partial charge on any atom is -0.508 e. The van der Waals surface area contributed by atoms with Gasteiger partial charge in [0.05, 0.1) is 28.9 Å². The Balaban J connectivity index is 0.700. The number of phenolic OH excluding ortho intramolecular Hbond substituents is 4. The predicted molar refractivity (Wildman–Crippen MR) is 376 cm³/mol. The number of thiophene rings is 4. The molecular weight excluding hydrogens is 1280 g/mol. The first kappa shape index (κ1) is 68.5. The minimum atomic E-state index is -1.03. The number of benzene rings is 6.